The van der Waals surface area contributed by atoms with Crippen LogP contribution in [0.3, 0.4) is 0 Å². The van der Waals surface area contributed by atoms with Crippen molar-refractivity contribution >= 4 is 11.8 Å². The molecular weight excluding hydrogens is 278 g/mol. The molecule has 0 aliphatic rings. The fourth-order valence-corrected chi connectivity index (χ4v) is 2.38. The Bertz CT molecular complexity index is 484. The zero-order chi connectivity index (χ0) is 16.7. The number of carbonyl (C=O) groups is 2. The van der Waals surface area contributed by atoms with E-state index in [2.05, 4.69) is 0 Å². The Morgan fingerprint density at radius 1 is 1.00 bits per heavy atom. The number of rotatable bonds is 7. The lowest BCUT2D eigenvalue weighted by molar-refractivity contribution is -0.138. The minimum Gasteiger partial charge on any atom is -0.348 e. The lowest BCUT2D eigenvalue weighted by Gasteiger charge is -2.32. The zero-order valence-corrected chi connectivity index (χ0v) is 14.2. The molecule has 0 spiro atoms. The number of amides is 2. The molecule has 1 aromatic rings. The summed E-state index contributed by atoms with van der Waals surface area (Å²) in [5.74, 6) is 0.0148. The first-order valence-corrected chi connectivity index (χ1v) is 7.66. The third-order valence-electron chi connectivity index (χ3n) is 3.75. The van der Waals surface area contributed by atoms with Gasteiger partial charge in [-0.15, -0.1) is 0 Å². The summed E-state index contributed by atoms with van der Waals surface area (Å²) in [6, 6.07) is 9.18. The predicted octanol–water partition coefficient (Wildman–Crippen LogP) is 1.62. The number of carbonyl (C=O) groups excluding carboxylic acids is 2. The molecule has 1 aromatic carbocycles. The highest BCUT2D eigenvalue weighted by atomic mass is 16.2. The fourth-order valence-electron chi connectivity index (χ4n) is 2.38. The van der Waals surface area contributed by atoms with Crippen molar-refractivity contribution in [3.05, 3.63) is 35.9 Å². The van der Waals surface area contributed by atoms with Crippen molar-refractivity contribution in [3.8, 4) is 0 Å². The van der Waals surface area contributed by atoms with Crippen LogP contribution in [0.1, 0.15) is 25.5 Å². The predicted molar refractivity (Wildman–Crippen MR) is 88.4 cm³/mol. The molecule has 1 atom stereocenters. The number of likely N-dealkylation sites (N-methyl/N-ethyl adjacent to an activating group) is 3. The SMILES string of the molecule is CCN(CC)C(=O)C(c1ccccc1)N(C)CC(=O)N(C)C. The van der Waals surface area contributed by atoms with Gasteiger partial charge in [0.05, 0.1) is 6.54 Å². The van der Waals surface area contributed by atoms with Crippen LogP contribution < -0.4 is 0 Å². The van der Waals surface area contributed by atoms with Crippen molar-refractivity contribution in [2.45, 2.75) is 19.9 Å². The highest BCUT2D eigenvalue weighted by Crippen LogP contribution is 2.22. The Labute approximate surface area is 133 Å². The molecule has 0 heterocycles. The first-order chi connectivity index (χ1) is 10.4. The number of hydrogen-bond donors (Lipinski definition) is 0. The van der Waals surface area contributed by atoms with E-state index in [-0.39, 0.29) is 18.4 Å². The van der Waals surface area contributed by atoms with E-state index in [1.165, 1.54) is 0 Å². The third kappa shape index (κ3) is 4.56. The van der Waals surface area contributed by atoms with Crippen LogP contribution in [0, 0.1) is 0 Å². The van der Waals surface area contributed by atoms with Gasteiger partial charge in [-0.3, -0.25) is 14.5 Å². The van der Waals surface area contributed by atoms with Gasteiger partial charge in [0.1, 0.15) is 6.04 Å². The second kappa shape index (κ2) is 8.54. The van der Waals surface area contributed by atoms with Crippen LogP contribution in [0.5, 0.6) is 0 Å². The van der Waals surface area contributed by atoms with Crippen molar-refractivity contribution in [2.24, 2.45) is 0 Å². The van der Waals surface area contributed by atoms with Gasteiger partial charge in [0.2, 0.25) is 11.8 Å². The maximum atomic E-state index is 12.9. The summed E-state index contributed by atoms with van der Waals surface area (Å²) >= 11 is 0. The van der Waals surface area contributed by atoms with Crippen LogP contribution >= 0.6 is 0 Å². The quantitative estimate of drug-likeness (QED) is 0.769. The molecule has 0 bridgehead atoms. The summed E-state index contributed by atoms with van der Waals surface area (Å²) in [6.45, 7) is 5.46. The summed E-state index contributed by atoms with van der Waals surface area (Å²) in [4.78, 5) is 30.0. The van der Waals surface area contributed by atoms with Crippen molar-refractivity contribution < 1.29 is 9.59 Å². The van der Waals surface area contributed by atoms with E-state index in [0.717, 1.165) is 5.56 Å². The van der Waals surface area contributed by atoms with Gasteiger partial charge in [0.15, 0.2) is 0 Å². The number of nitrogens with zero attached hydrogens (tertiary/aromatic N) is 3. The summed E-state index contributed by atoms with van der Waals surface area (Å²) in [5.41, 5.74) is 0.911. The van der Waals surface area contributed by atoms with Crippen molar-refractivity contribution in [1.29, 1.82) is 0 Å². The Hall–Kier alpha value is -1.88. The standard InChI is InChI=1S/C17H27N3O2/c1-6-20(7-2)17(22)16(14-11-9-8-10-12-14)19(5)13-15(21)18(3)4/h8-12,16H,6-7,13H2,1-5H3. The molecule has 0 aliphatic heterocycles. The molecular formula is C17H27N3O2. The third-order valence-corrected chi connectivity index (χ3v) is 3.75. The molecule has 5 heteroatoms. The maximum Gasteiger partial charge on any atom is 0.244 e. The number of hydrogen-bond acceptors (Lipinski definition) is 3. The molecule has 122 valence electrons. The summed E-state index contributed by atoms with van der Waals surface area (Å²) in [7, 11) is 5.26. The minimum atomic E-state index is -0.440. The van der Waals surface area contributed by atoms with Gasteiger partial charge in [-0.1, -0.05) is 30.3 Å². The molecule has 5 nitrogen and oxygen atoms in total. The summed E-state index contributed by atoms with van der Waals surface area (Å²) < 4.78 is 0. The largest absolute Gasteiger partial charge is 0.348 e. The molecule has 0 radical (unpaired) electrons. The van der Waals surface area contributed by atoms with Gasteiger partial charge in [0, 0.05) is 27.2 Å². The van der Waals surface area contributed by atoms with E-state index in [1.807, 2.05) is 56.1 Å². The summed E-state index contributed by atoms with van der Waals surface area (Å²) in [5, 5.41) is 0. The molecule has 0 N–H and O–H groups in total. The van der Waals surface area contributed by atoms with Crippen LogP contribution in [-0.2, 0) is 9.59 Å². The number of benzene rings is 1. The minimum absolute atomic E-state index is 0.0178. The van der Waals surface area contributed by atoms with Gasteiger partial charge in [-0.05, 0) is 26.5 Å². The lowest BCUT2D eigenvalue weighted by atomic mass is 10.0. The van der Waals surface area contributed by atoms with Gasteiger partial charge >= 0.3 is 0 Å². The second-order valence-electron chi connectivity index (χ2n) is 5.53. The summed E-state index contributed by atoms with van der Waals surface area (Å²) in [6.07, 6.45) is 0. The van der Waals surface area contributed by atoms with E-state index in [1.54, 1.807) is 23.9 Å². The normalized spacial score (nSPS) is 12.1. The molecule has 0 aliphatic carbocycles. The van der Waals surface area contributed by atoms with Gasteiger partial charge < -0.3 is 9.80 Å². The van der Waals surface area contributed by atoms with E-state index in [4.69, 9.17) is 0 Å². The van der Waals surface area contributed by atoms with E-state index in [9.17, 15) is 9.59 Å². The van der Waals surface area contributed by atoms with Crippen molar-refractivity contribution in [3.63, 3.8) is 0 Å². The van der Waals surface area contributed by atoms with E-state index >= 15 is 0 Å². The Morgan fingerprint density at radius 3 is 2.00 bits per heavy atom. The zero-order valence-electron chi connectivity index (χ0n) is 14.2. The lowest BCUT2D eigenvalue weighted by Crippen LogP contribution is -2.44. The molecule has 2 amide bonds. The van der Waals surface area contributed by atoms with Gasteiger partial charge in [-0.25, -0.2) is 0 Å². The highest BCUT2D eigenvalue weighted by molar-refractivity contribution is 5.84. The van der Waals surface area contributed by atoms with Gasteiger partial charge in [-0.2, -0.15) is 0 Å². The van der Waals surface area contributed by atoms with Crippen LogP contribution in [-0.4, -0.2) is 67.3 Å². The molecule has 0 aromatic heterocycles. The molecule has 1 rings (SSSR count). The highest BCUT2D eigenvalue weighted by Gasteiger charge is 2.29. The van der Waals surface area contributed by atoms with Crippen LogP contribution in [0.4, 0.5) is 0 Å². The smallest absolute Gasteiger partial charge is 0.244 e. The molecule has 0 saturated carbocycles. The molecule has 1 unspecified atom stereocenters. The monoisotopic (exact) mass is 305 g/mol. The molecule has 22 heavy (non-hydrogen) atoms. The average molecular weight is 305 g/mol. The van der Waals surface area contributed by atoms with E-state index in [0.29, 0.717) is 13.1 Å². The van der Waals surface area contributed by atoms with Crippen LogP contribution in [0.25, 0.3) is 0 Å². The maximum absolute atomic E-state index is 12.9. The average Bonchev–Trinajstić information content (AvgIpc) is 2.49. The second-order valence-corrected chi connectivity index (χ2v) is 5.53. The molecule has 0 saturated heterocycles. The molecule has 0 fully saturated rings. The Kier molecular flexibility index (Phi) is 7.05. The topological polar surface area (TPSA) is 43.9 Å². The van der Waals surface area contributed by atoms with Crippen LogP contribution in [0.15, 0.2) is 30.3 Å². The van der Waals surface area contributed by atoms with Crippen molar-refractivity contribution in [1.82, 2.24) is 14.7 Å². The van der Waals surface area contributed by atoms with Gasteiger partial charge in [0.25, 0.3) is 0 Å². The van der Waals surface area contributed by atoms with E-state index < -0.39 is 6.04 Å². The van der Waals surface area contributed by atoms with Crippen LogP contribution in [0.2, 0.25) is 0 Å². The Balaban J connectivity index is 3.06. The first kappa shape index (κ1) is 18.2. The Morgan fingerprint density at radius 2 is 1.55 bits per heavy atom. The first-order valence-electron chi connectivity index (χ1n) is 7.66. The van der Waals surface area contributed by atoms with Crippen molar-refractivity contribution in [2.75, 3.05) is 40.8 Å². The fraction of sp³-hybridized carbons (Fsp3) is 0.529.